The van der Waals surface area contributed by atoms with Crippen molar-refractivity contribution in [2.75, 3.05) is 0 Å². The number of alkyl halides is 1. The van der Waals surface area contributed by atoms with Gasteiger partial charge < -0.3 is 10.2 Å². The second-order valence-corrected chi connectivity index (χ2v) is 13.0. The summed E-state index contributed by atoms with van der Waals surface area (Å²) in [5.74, 6) is 4.00. The van der Waals surface area contributed by atoms with Gasteiger partial charge in [0.05, 0.1) is 12.2 Å². The third kappa shape index (κ3) is 3.89. The predicted molar refractivity (Wildman–Crippen MR) is 121 cm³/mol. The van der Waals surface area contributed by atoms with Crippen molar-refractivity contribution < 1.29 is 14.6 Å². The van der Waals surface area contributed by atoms with Gasteiger partial charge >= 0.3 is 0 Å². The van der Waals surface area contributed by atoms with Gasteiger partial charge in [0.25, 0.3) is 0 Å². The van der Waals surface area contributed by atoms with E-state index in [0.717, 1.165) is 30.6 Å². The Labute approximate surface area is 184 Å². The van der Waals surface area contributed by atoms with Crippen molar-refractivity contribution in [1.82, 2.24) is 0 Å². The molecule has 0 bridgehead atoms. The Morgan fingerprint density at radius 1 is 0.967 bits per heavy atom. The average Bonchev–Trinajstić information content (AvgIpc) is 3.02. The number of aliphatic hydroxyl groups is 2. The van der Waals surface area contributed by atoms with Crippen molar-refractivity contribution in [2.45, 2.75) is 123 Å². The molecule has 0 unspecified atom stereocenters. The van der Waals surface area contributed by atoms with E-state index in [-0.39, 0.29) is 18.1 Å². The number of aliphatic hydroxyl groups excluding tert-OH is 2. The van der Waals surface area contributed by atoms with Gasteiger partial charge in [-0.25, -0.2) is 4.39 Å². The average molecular weight is 423 g/mol. The van der Waals surface area contributed by atoms with Crippen LogP contribution < -0.4 is 0 Å². The van der Waals surface area contributed by atoms with Crippen LogP contribution in [0.4, 0.5) is 4.39 Å². The highest BCUT2D eigenvalue weighted by Gasteiger charge is 2.60. The first-order chi connectivity index (χ1) is 14.0. The zero-order chi connectivity index (χ0) is 21.9. The molecule has 0 saturated heterocycles. The summed E-state index contributed by atoms with van der Waals surface area (Å²) in [6.45, 7) is 10.6. The summed E-state index contributed by atoms with van der Waals surface area (Å²) < 4.78 is 14.0. The van der Waals surface area contributed by atoms with Crippen molar-refractivity contribution in [3.05, 3.63) is 0 Å². The molecule has 4 rings (SSSR count). The topological polar surface area (TPSA) is 40.5 Å². The Hall–Kier alpha value is -0.150. The summed E-state index contributed by atoms with van der Waals surface area (Å²) in [5, 5.41) is 21.2. The Balaban J connectivity index is 1.47. The van der Waals surface area contributed by atoms with Gasteiger partial charge in [0, 0.05) is 0 Å². The van der Waals surface area contributed by atoms with E-state index in [0.29, 0.717) is 35.5 Å². The second-order valence-electron chi connectivity index (χ2n) is 13.0. The standard InChI is InChI=1S/C27H47FO2/c1-17(24(30)12-13-25(2,3)28)21-8-9-22-20-7-6-18-16-19(29)10-14-26(18,4)23(20)11-15-27(21,22)5/h17-24,29-30H,6-16H2,1-5H3/t17-,18-,19-,20-,21+,22-,23-,24-,26-,27+/m0/s1. The molecule has 174 valence electrons. The molecular formula is C27H47FO2. The monoisotopic (exact) mass is 422 g/mol. The van der Waals surface area contributed by atoms with E-state index in [2.05, 4.69) is 20.8 Å². The van der Waals surface area contributed by atoms with Crippen molar-refractivity contribution in [3.63, 3.8) is 0 Å². The molecule has 0 aromatic heterocycles. The van der Waals surface area contributed by atoms with E-state index < -0.39 is 5.67 Å². The summed E-state index contributed by atoms with van der Waals surface area (Å²) in [7, 11) is 0. The van der Waals surface area contributed by atoms with Gasteiger partial charge in [-0.3, -0.25) is 0 Å². The SMILES string of the molecule is C[C@@H]([C@H]1CC[C@H]2[C@@H]3CC[C@H]4C[C@@H](O)CC[C@]4(C)[C@H]3CC[C@]12C)[C@@H](O)CCC(C)(C)F. The van der Waals surface area contributed by atoms with Crippen LogP contribution in [0.2, 0.25) is 0 Å². The van der Waals surface area contributed by atoms with E-state index in [4.69, 9.17) is 0 Å². The van der Waals surface area contributed by atoms with Crippen molar-refractivity contribution in [2.24, 2.45) is 46.3 Å². The van der Waals surface area contributed by atoms with E-state index in [1.807, 2.05) is 0 Å². The quantitative estimate of drug-likeness (QED) is 0.529. The third-order valence-electron chi connectivity index (χ3n) is 11.0. The molecule has 0 aromatic carbocycles. The molecule has 0 aliphatic heterocycles. The lowest BCUT2D eigenvalue weighted by atomic mass is 9.44. The molecule has 4 aliphatic rings. The Kier molecular flexibility index (Phi) is 6.15. The molecule has 30 heavy (non-hydrogen) atoms. The summed E-state index contributed by atoms with van der Waals surface area (Å²) in [6.07, 6.45) is 11.6. The van der Waals surface area contributed by atoms with Crippen molar-refractivity contribution >= 4 is 0 Å². The lowest BCUT2D eigenvalue weighted by Gasteiger charge is -2.61. The number of hydrogen-bond acceptors (Lipinski definition) is 2. The van der Waals surface area contributed by atoms with Crippen LogP contribution in [0.25, 0.3) is 0 Å². The Morgan fingerprint density at radius 2 is 1.63 bits per heavy atom. The molecule has 0 spiro atoms. The number of halogens is 1. The van der Waals surface area contributed by atoms with Crippen molar-refractivity contribution in [3.8, 4) is 0 Å². The fraction of sp³-hybridized carbons (Fsp3) is 1.00. The van der Waals surface area contributed by atoms with Crippen LogP contribution in [0, 0.1) is 46.3 Å². The molecule has 4 saturated carbocycles. The maximum Gasteiger partial charge on any atom is 0.105 e. The smallest absolute Gasteiger partial charge is 0.105 e. The van der Waals surface area contributed by atoms with Crippen LogP contribution in [0.1, 0.15) is 105 Å². The van der Waals surface area contributed by atoms with Crippen LogP contribution in [0.15, 0.2) is 0 Å². The van der Waals surface area contributed by atoms with Gasteiger partial charge in [0.1, 0.15) is 5.67 Å². The molecule has 4 fully saturated rings. The minimum atomic E-state index is -1.19. The maximum atomic E-state index is 14.0. The molecular weight excluding hydrogens is 375 g/mol. The minimum absolute atomic E-state index is 0.0685. The first-order valence-electron chi connectivity index (χ1n) is 13.0. The largest absolute Gasteiger partial charge is 0.393 e. The highest BCUT2D eigenvalue weighted by atomic mass is 19.1. The Bertz CT molecular complexity index is 614. The highest BCUT2D eigenvalue weighted by molar-refractivity contribution is 5.10. The fourth-order valence-corrected chi connectivity index (χ4v) is 9.16. The molecule has 2 nitrogen and oxygen atoms in total. The summed E-state index contributed by atoms with van der Waals surface area (Å²) in [5.41, 5.74) is -0.425. The van der Waals surface area contributed by atoms with Crippen LogP contribution in [0.5, 0.6) is 0 Å². The van der Waals surface area contributed by atoms with Crippen LogP contribution in [-0.4, -0.2) is 28.1 Å². The normalized spacial score (nSPS) is 48.4. The lowest BCUT2D eigenvalue weighted by Crippen LogP contribution is -2.54. The first kappa shape index (κ1) is 23.0. The molecule has 3 heteroatoms. The maximum absolute atomic E-state index is 14.0. The van der Waals surface area contributed by atoms with E-state index >= 15 is 0 Å². The zero-order valence-corrected chi connectivity index (χ0v) is 20.2. The van der Waals surface area contributed by atoms with Gasteiger partial charge in [0.2, 0.25) is 0 Å². The molecule has 0 radical (unpaired) electrons. The van der Waals surface area contributed by atoms with Crippen molar-refractivity contribution in [1.29, 1.82) is 0 Å². The molecule has 4 aliphatic carbocycles. The van der Waals surface area contributed by atoms with E-state index in [1.165, 1.54) is 44.9 Å². The number of fused-ring (bicyclic) bond motifs is 5. The molecule has 10 atom stereocenters. The van der Waals surface area contributed by atoms with Gasteiger partial charge in [-0.15, -0.1) is 0 Å². The van der Waals surface area contributed by atoms with Gasteiger partial charge in [-0.05, 0) is 131 Å². The van der Waals surface area contributed by atoms with Crippen LogP contribution in [0.3, 0.4) is 0 Å². The Morgan fingerprint density at radius 3 is 2.33 bits per heavy atom. The minimum Gasteiger partial charge on any atom is -0.393 e. The van der Waals surface area contributed by atoms with Gasteiger partial charge in [0.15, 0.2) is 0 Å². The second kappa shape index (κ2) is 8.01. The fourth-order valence-electron chi connectivity index (χ4n) is 9.16. The lowest BCUT2D eigenvalue weighted by molar-refractivity contribution is -0.132. The number of hydrogen-bond donors (Lipinski definition) is 2. The molecule has 2 N–H and O–H groups in total. The highest BCUT2D eigenvalue weighted by Crippen LogP contribution is 2.68. The molecule has 0 heterocycles. The summed E-state index contributed by atoms with van der Waals surface area (Å²) in [6, 6.07) is 0. The molecule has 0 amide bonds. The first-order valence-corrected chi connectivity index (χ1v) is 13.0. The van der Waals surface area contributed by atoms with Crippen LogP contribution >= 0.6 is 0 Å². The summed E-state index contributed by atoms with van der Waals surface area (Å²) >= 11 is 0. The summed E-state index contributed by atoms with van der Waals surface area (Å²) in [4.78, 5) is 0. The third-order valence-corrected chi connectivity index (χ3v) is 11.0. The van der Waals surface area contributed by atoms with Gasteiger partial charge in [-0.2, -0.15) is 0 Å². The predicted octanol–water partition coefficient (Wildman–Crippen LogP) is 6.53. The zero-order valence-electron chi connectivity index (χ0n) is 20.2. The van der Waals surface area contributed by atoms with E-state index in [9.17, 15) is 14.6 Å². The van der Waals surface area contributed by atoms with E-state index in [1.54, 1.807) is 13.8 Å². The number of rotatable bonds is 5. The van der Waals surface area contributed by atoms with Gasteiger partial charge in [-0.1, -0.05) is 20.8 Å². The van der Waals surface area contributed by atoms with Crippen LogP contribution in [-0.2, 0) is 0 Å². The molecule has 0 aromatic rings.